The Hall–Kier alpha value is -0.140. The van der Waals surface area contributed by atoms with Crippen LogP contribution in [0.5, 0.6) is 0 Å². The molecule has 3 rings (SSSR count). The third kappa shape index (κ3) is 2.52. The van der Waals surface area contributed by atoms with Gasteiger partial charge in [-0.2, -0.15) is 4.31 Å². The van der Waals surface area contributed by atoms with Crippen molar-refractivity contribution in [3.8, 4) is 0 Å². The summed E-state index contributed by atoms with van der Waals surface area (Å²) in [5, 5.41) is 1.71. The van der Waals surface area contributed by atoms with E-state index in [0.29, 0.717) is 23.4 Å². The van der Waals surface area contributed by atoms with Crippen LogP contribution in [0.1, 0.15) is 24.6 Å². The van der Waals surface area contributed by atoms with Crippen molar-refractivity contribution in [2.75, 3.05) is 19.6 Å². The van der Waals surface area contributed by atoms with E-state index < -0.39 is 10.0 Å². The molecule has 2 atom stereocenters. The van der Waals surface area contributed by atoms with Crippen molar-refractivity contribution in [2.45, 2.75) is 42.6 Å². The SMILES string of the molecule is CC1CN2CCCC2CN1S(=O)(=O)c1csc(CCl)c1. The number of sulfonamides is 1. The second-order valence-electron chi connectivity index (χ2n) is 5.60. The van der Waals surface area contributed by atoms with Crippen molar-refractivity contribution in [2.24, 2.45) is 0 Å². The number of alkyl halides is 1. The molecule has 0 aromatic carbocycles. The number of nitrogens with zero attached hydrogens (tertiary/aromatic N) is 2. The molecule has 0 aliphatic carbocycles. The first kappa shape index (κ1) is 14.8. The summed E-state index contributed by atoms with van der Waals surface area (Å²) in [6.45, 7) is 4.57. The van der Waals surface area contributed by atoms with Crippen LogP contribution in [-0.4, -0.2) is 49.3 Å². The lowest BCUT2D eigenvalue weighted by atomic mass is 10.1. The highest BCUT2D eigenvalue weighted by Crippen LogP contribution is 2.30. The summed E-state index contributed by atoms with van der Waals surface area (Å²) in [6, 6.07) is 2.14. The monoisotopic (exact) mass is 334 g/mol. The van der Waals surface area contributed by atoms with E-state index in [1.54, 1.807) is 15.8 Å². The van der Waals surface area contributed by atoms with E-state index in [2.05, 4.69) is 4.90 Å². The minimum atomic E-state index is -3.38. The van der Waals surface area contributed by atoms with Gasteiger partial charge in [-0.3, -0.25) is 4.90 Å². The van der Waals surface area contributed by atoms with Crippen LogP contribution in [0, 0.1) is 0 Å². The number of hydrogen-bond acceptors (Lipinski definition) is 4. The van der Waals surface area contributed by atoms with E-state index in [9.17, 15) is 8.42 Å². The lowest BCUT2D eigenvalue weighted by molar-refractivity contribution is 0.117. The largest absolute Gasteiger partial charge is 0.297 e. The topological polar surface area (TPSA) is 40.6 Å². The first-order chi connectivity index (χ1) is 9.52. The van der Waals surface area contributed by atoms with Crippen molar-refractivity contribution in [3.05, 3.63) is 16.3 Å². The third-order valence-corrected chi connectivity index (χ3v) is 7.74. The minimum absolute atomic E-state index is 0.0358. The minimum Gasteiger partial charge on any atom is -0.297 e. The first-order valence-corrected chi connectivity index (χ1v) is 9.77. The Kier molecular flexibility index (Phi) is 4.12. The van der Waals surface area contributed by atoms with Gasteiger partial charge in [0.05, 0.1) is 10.8 Å². The number of fused-ring (bicyclic) bond motifs is 1. The highest BCUT2D eigenvalue weighted by molar-refractivity contribution is 7.89. The van der Waals surface area contributed by atoms with Gasteiger partial charge in [-0.1, -0.05) is 0 Å². The van der Waals surface area contributed by atoms with Crippen molar-refractivity contribution in [1.29, 1.82) is 0 Å². The standard InChI is InChI=1S/C13H19ClN2O2S2/c1-10-7-15-4-2-3-11(15)8-16(10)20(17,18)13-5-12(6-14)19-9-13/h5,9-11H,2-4,6-8H2,1H3. The number of halogens is 1. The molecule has 2 aliphatic rings. The van der Waals surface area contributed by atoms with Crippen molar-refractivity contribution in [3.63, 3.8) is 0 Å². The molecule has 2 unspecified atom stereocenters. The van der Waals surface area contributed by atoms with Crippen LogP contribution >= 0.6 is 22.9 Å². The van der Waals surface area contributed by atoms with E-state index in [4.69, 9.17) is 11.6 Å². The van der Waals surface area contributed by atoms with Gasteiger partial charge in [0, 0.05) is 35.4 Å². The average molecular weight is 335 g/mol. The quantitative estimate of drug-likeness (QED) is 0.797. The Balaban J connectivity index is 1.86. The van der Waals surface area contributed by atoms with Crippen LogP contribution in [0.25, 0.3) is 0 Å². The van der Waals surface area contributed by atoms with Crippen molar-refractivity contribution >= 4 is 33.0 Å². The number of rotatable bonds is 3. The van der Waals surface area contributed by atoms with Gasteiger partial charge in [0.15, 0.2) is 0 Å². The summed E-state index contributed by atoms with van der Waals surface area (Å²) in [4.78, 5) is 3.72. The number of thiophene rings is 1. The van der Waals surface area contributed by atoms with Crippen LogP contribution in [0.2, 0.25) is 0 Å². The van der Waals surface area contributed by atoms with Gasteiger partial charge in [-0.05, 0) is 32.4 Å². The molecular weight excluding hydrogens is 316 g/mol. The molecule has 20 heavy (non-hydrogen) atoms. The van der Waals surface area contributed by atoms with Gasteiger partial charge >= 0.3 is 0 Å². The molecule has 3 heterocycles. The van der Waals surface area contributed by atoms with Crippen molar-refractivity contribution < 1.29 is 8.42 Å². The van der Waals surface area contributed by atoms with Gasteiger partial charge in [0.25, 0.3) is 0 Å². The zero-order valence-electron chi connectivity index (χ0n) is 11.5. The highest BCUT2D eigenvalue weighted by atomic mass is 35.5. The highest BCUT2D eigenvalue weighted by Gasteiger charge is 2.40. The van der Waals surface area contributed by atoms with E-state index >= 15 is 0 Å². The Morgan fingerprint density at radius 2 is 2.25 bits per heavy atom. The second-order valence-corrected chi connectivity index (χ2v) is 8.75. The predicted molar refractivity (Wildman–Crippen MR) is 81.8 cm³/mol. The molecule has 0 saturated carbocycles. The molecule has 2 aliphatic heterocycles. The summed E-state index contributed by atoms with van der Waals surface area (Å²) in [5.74, 6) is 0.367. The summed E-state index contributed by atoms with van der Waals surface area (Å²) in [7, 11) is -3.38. The Morgan fingerprint density at radius 1 is 1.45 bits per heavy atom. The molecule has 1 aromatic rings. The lowest BCUT2D eigenvalue weighted by Crippen LogP contribution is -2.56. The van der Waals surface area contributed by atoms with Crippen LogP contribution in [-0.2, 0) is 15.9 Å². The molecule has 0 spiro atoms. The Morgan fingerprint density at radius 3 is 2.95 bits per heavy atom. The van der Waals surface area contributed by atoms with Gasteiger partial charge in [-0.15, -0.1) is 22.9 Å². The molecule has 2 saturated heterocycles. The number of hydrogen-bond donors (Lipinski definition) is 0. The number of piperazine rings is 1. The van der Waals surface area contributed by atoms with E-state index in [1.807, 2.05) is 6.92 Å². The normalized spacial score (nSPS) is 28.7. The molecule has 2 fully saturated rings. The molecule has 4 nitrogen and oxygen atoms in total. The summed E-state index contributed by atoms with van der Waals surface area (Å²) in [6.07, 6.45) is 2.29. The maximum atomic E-state index is 12.8. The second kappa shape index (κ2) is 5.57. The zero-order chi connectivity index (χ0) is 14.3. The summed E-state index contributed by atoms with van der Waals surface area (Å²) in [5.41, 5.74) is 0. The fourth-order valence-electron chi connectivity index (χ4n) is 3.20. The molecule has 0 N–H and O–H groups in total. The van der Waals surface area contributed by atoms with Crippen LogP contribution in [0.4, 0.5) is 0 Å². The lowest BCUT2D eigenvalue weighted by Gasteiger charge is -2.41. The van der Waals surface area contributed by atoms with Crippen LogP contribution in [0.15, 0.2) is 16.3 Å². The fraction of sp³-hybridized carbons (Fsp3) is 0.692. The average Bonchev–Trinajstić information content (AvgIpc) is 3.05. The van der Waals surface area contributed by atoms with Gasteiger partial charge in [0.2, 0.25) is 10.0 Å². The molecule has 1 aromatic heterocycles. The fourth-order valence-corrected chi connectivity index (χ4v) is 6.23. The van der Waals surface area contributed by atoms with E-state index in [-0.39, 0.29) is 6.04 Å². The van der Waals surface area contributed by atoms with Crippen LogP contribution < -0.4 is 0 Å². The van der Waals surface area contributed by atoms with Crippen LogP contribution in [0.3, 0.4) is 0 Å². The maximum absolute atomic E-state index is 12.8. The van der Waals surface area contributed by atoms with Gasteiger partial charge < -0.3 is 0 Å². The zero-order valence-corrected chi connectivity index (χ0v) is 13.8. The van der Waals surface area contributed by atoms with E-state index in [0.717, 1.165) is 24.4 Å². The molecule has 0 amide bonds. The molecule has 0 radical (unpaired) electrons. The molecule has 7 heteroatoms. The smallest absolute Gasteiger partial charge is 0.244 e. The maximum Gasteiger partial charge on any atom is 0.244 e. The molecule has 0 bridgehead atoms. The predicted octanol–water partition coefficient (Wildman–Crippen LogP) is 2.34. The van der Waals surface area contributed by atoms with Gasteiger partial charge in [-0.25, -0.2) is 8.42 Å². The molecule has 112 valence electrons. The first-order valence-electron chi connectivity index (χ1n) is 6.91. The van der Waals surface area contributed by atoms with Gasteiger partial charge in [0.1, 0.15) is 0 Å². The summed E-state index contributed by atoms with van der Waals surface area (Å²) >= 11 is 7.19. The van der Waals surface area contributed by atoms with Crippen molar-refractivity contribution in [1.82, 2.24) is 9.21 Å². The van der Waals surface area contributed by atoms with E-state index in [1.165, 1.54) is 17.8 Å². The third-order valence-electron chi connectivity index (χ3n) is 4.25. The Labute approximate surface area is 129 Å². The Bertz CT molecular complexity index is 587. The summed E-state index contributed by atoms with van der Waals surface area (Å²) < 4.78 is 27.3. The molecular formula is C13H19ClN2O2S2.